The molecule has 0 aliphatic carbocycles. The van der Waals surface area contributed by atoms with Crippen LogP contribution in [0.1, 0.15) is 12.5 Å². The molecule has 0 aliphatic heterocycles. The van der Waals surface area contributed by atoms with E-state index in [0.29, 0.717) is 23.8 Å². The standard InChI is InChI=1S/C17H17BrClN5O/c1-12(8-23-10-14(18)6-20-23)17(25)22-16-7-21-24(11-16)9-13-3-2-4-15(19)5-13/h2-7,10-12H,8-9H2,1H3,(H,22,25). The van der Waals surface area contributed by atoms with Crippen LogP contribution in [0.2, 0.25) is 5.02 Å². The maximum absolute atomic E-state index is 12.3. The first kappa shape index (κ1) is 17.7. The second-order valence-electron chi connectivity index (χ2n) is 5.83. The third-order valence-electron chi connectivity index (χ3n) is 3.64. The molecule has 3 rings (SSSR count). The van der Waals surface area contributed by atoms with Crippen LogP contribution in [-0.4, -0.2) is 25.5 Å². The van der Waals surface area contributed by atoms with Crippen LogP contribution >= 0.6 is 27.5 Å². The number of anilines is 1. The lowest BCUT2D eigenvalue weighted by Crippen LogP contribution is -2.24. The highest BCUT2D eigenvalue weighted by molar-refractivity contribution is 9.10. The average molecular weight is 423 g/mol. The summed E-state index contributed by atoms with van der Waals surface area (Å²) >= 11 is 9.34. The van der Waals surface area contributed by atoms with Crippen molar-refractivity contribution in [3.63, 3.8) is 0 Å². The molecule has 1 N–H and O–H groups in total. The molecule has 0 spiro atoms. The number of amides is 1. The molecule has 1 atom stereocenters. The minimum Gasteiger partial charge on any atom is -0.323 e. The molecule has 6 nitrogen and oxygen atoms in total. The number of nitrogens with zero attached hydrogens (tertiary/aromatic N) is 4. The third-order valence-corrected chi connectivity index (χ3v) is 4.29. The van der Waals surface area contributed by atoms with Gasteiger partial charge in [0, 0.05) is 17.4 Å². The third kappa shape index (κ3) is 4.93. The molecular weight excluding hydrogens is 406 g/mol. The van der Waals surface area contributed by atoms with Crippen LogP contribution in [0.15, 0.2) is 53.5 Å². The quantitative estimate of drug-likeness (QED) is 0.657. The molecule has 0 saturated heterocycles. The first-order chi connectivity index (χ1) is 12.0. The molecule has 0 fully saturated rings. The molecule has 0 aliphatic rings. The van der Waals surface area contributed by atoms with Gasteiger partial charge in [-0.25, -0.2) is 0 Å². The fraction of sp³-hybridized carbons (Fsp3) is 0.235. The van der Waals surface area contributed by atoms with E-state index in [1.54, 1.807) is 28.0 Å². The number of hydrogen-bond acceptors (Lipinski definition) is 3. The number of aromatic nitrogens is 4. The van der Waals surface area contributed by atoms with E-state index in [9.17, 15) is 4.79 Å². The zero-order valence-electron chi connectivity index (χ0n) is 13.6. The Morgan fingerprint density at radius 2 is 2.08 bits per heavy atom. The van der Waals surface area contributed by atoms with Crippen LogP contribution in [0.3, 0.4) is 0 Å². The zero-order chi connectivity index (χ0) is 17.8. The van der Waals surface area contributed by atoms with E-state index < -0.39 is 0 Å². The summed E-state index contributed by atoms with van der Waals surface area (Å²) in [6, 6.07) is 7.61. The number of benzene rings is 1. The van der Waals surface area contributed by atoms with Crippen LogP contribution in [0.5, 0.6) is 0 Å². The first-order valence-electron chi connectivity index (χ1n) is 7.75. The number of nitrogens with one attached hydrogen (secondary N) is 1. The molecule has 3 aromatic rings. The van der Waals surface area contributed by atoms with Crippen molar-refractivity contribution >= 4 is 39.1 Å². The molecule has 25 heavy (non-hydrogen) atoms. The van der Waals surface area contributed by atoms with Crippen molar-refractivity contribution < 1.29 is 4.79 Å². The largest absolute Gasteiger partial charge is 0.323 e. The molecule has 1 unspecified atom stereocenters. The van der Waals surface area contributed by atoms with Gasteiger partial charge in [-0.2, -0.15) is 10.2 Å². The van der Waals surface area contributed by atoms with Gasteiger partial charge >= 0.3 is 0 Å². The van der Waals surface area contributed by atoms with Gasteiger partial charge in [-0.3, -0.25) is 14.2 Å². The topological polar surface area (TPSA) is 64.7 Å². The summed E-state index contributed by atoms with van der Waals surface area (Å²) in [5, 5.41) is 12.0. The monoisotopic (exact) mass is 421 g/mol. The second-order valence-corrected chi connectivity index (χ2v) is 7.18. The fourth-order valence-electron chi connectivity index (χ4n) is 2.40. The Kier molecular flexibility index (Phi) is 5.55. The first-order valence-corrected chi connectivity index (χ1v) is 8.92. The lowest BCUT2D eigenvalue weighted by atomic mass is 10.1. The summed E-state index contributed by atoms with van der Waals surface area (Å²) in [5.74, 6) is -0.294. The summed E-state index contributed by atoms with van der Waals surface area (Å²) < 4.78 is 4.38. The molecule has 130 valence electrons. The van der Waals surface area contributed by atoms with Crippen molar-refractivity contribution in [2.45, 2.75) is 20.0 Å². The molecule has 1 aromatic carbocycles. The number of rotatable bonds is 6. The van der Waals surface area contributed by atoms with Crippen molar-refractivity contribution in [2.75, 3.05) is 5.32 Å². The van der Waals surface area contributed by atoms with Crippen molar-refractivity contribution in [1.82, 2.24) is 19.6 Å². The maximum atomic E-state index is 12.3. The lowest BCUT2D eigenvalue weighted by molar-refractivity contribution is -0.119. The molecular formula is C17H17BrClN5O. The van der Waals surface area contributed by atoms with E-state index in [2.05, 4.69) is 31.4 Å². The minimum absolute atomic E-state index is 0.0751. The van der Waals surface area contributed by atoms with Crippen LogP contribution in [0.4, 0.5) is 5.69 Å². The fourth-order valence-corrected chi connectivity index (χ4v) is 2.94. The van der Waals surface area contributed by atoms with Crippen molar-refractivity contribution in [2.24, 2.45) is 5.92 Å². The van der Waals surface area contributed by atoms with Crippen LogP contribution in [0, 0.1) is 5.92 Å². The molecule has 0 bridgehead atoms. The Balaban J connectivity index is 1.57. The second kappa shape index (κ2) is 7.84. The van der Waals surface area contributed by atoms with Gasteiger partial charge in [0.1, 0.15) is 0 Å². The van der Waals surface area contributed by atoms with Crippen LogP contribution in [-0.2, 0) is 17.9 Å². The van der Waals surface area contributed by atoms with E-state index in [-0.39, 0.29) is 11.8 Å². The maximum Gasteiger partial charge on any atom is 0.229 e. The molecule has 0 saturated carbocycles. The summed E-state index contributed by atoms with van der Waals surface area (Å²) in [4.78, 5) is 12.3. The zero-order valence-corrected chi connectivity index (χ0v) is 15.9. The summed E-state index contributed by atoms with van der Waals surface area (Å²) in [5.41, 5.74) is 1.71. The van der Waals surface area contributed by atoms with E-state index in [4.69, 9.17) is 11.6 Å². The summed E-state index contributed by atoms with van der Waals surface area (Å²) in [6.45, 7) is 2.96. The van der Waals surface area contributed by atoms with Gasteiger partial charge in [0.25, 0.3) is 0 Å². The van der Waals surface area contributed by atoms with Crippen LogP contribution < -0.4 is 5.32 Å². The molecule has 2 heterocycles. The van der Waals surface area contributed by atoms with Crippen molar-refractivity contribution in [1.29, 1.82) is 0 Å². The minimum atomic E-state index is -0.219. The highest BCUT2D eigenvalue weighted by Crippen LogP contribution is 2.14. The molecule has 2 aromatic heterocycles. The van der Waals surface area contributed by atoms with Crippen molar-refractivity contribution in [3.05, 3.63) is 64.1 Å². The SMILES string of the molecule is CC(Cn1cc(Br)cn1)C(=O)Nc1cnn(Cc2cccc(Cl)c2)c1. The average Bonchev–Trinajstić information content (AvgIpc) is 3.16. The Bertz CT molecular complexity index is 875. The highest BCUT2D eigenvalue weighted by atomic mass is 79.9. The molecule has 1 amide bonds. The Hall–Kier alpha value is -2.12. The van der Waals surface area contributed by atoms with Gasteiger partial charge < -0.3 is 5.32 Å². The van der Waals surface area contributed by atoms with Gasteiger partial charge in [0.05, 0.1) is 41.6 Å². The molecule has 0 radical (unpaired) electrons. The number of carbonyl (C=O) groups is 1. The smallest absolute Gasteiger partial charge is 0.229 e. The van der Waals surface area contributed by atoms with E-state index in [1.807, 2.05) is 37.4 Å². The van der Waals surface area contributed by atoms with E-state index in [0.717, 1.165) is 10.0 Å². The van der Waals surface area contributed by atoms with Gasteiger partial charge in [-0.15, -0.1) is 0 Å². The Labute approximate surface area is 158 Å². The van der Waals surface area contributed by atoms with Gasteiger partial charge in [0.15, 0.2) is 0 Å². The number of halogens is 2. The van der Waals surface area contributed by atoms with Crippen molar-refractivity contribution in [3.8, 4) is 0 Å². The predicted molar refractivity (Wildman–Crippen MR) is 101 cm³/mol. The number of hydrogen-bond donors (Lipinski definition) is 1. The normalized spacial score (nSPS) is 12.1. The van der Waals surface area contributed by atoms with Gasteiger partial charge in [0.2, 0.25) is 5.91 Å². The lowest BCUT2D eigenvalue weighted by Gasteiger charge is -2.11. The van der Waals surface area contributed by atoms with Gasteiger partial charge in [-0.05, 0) is 33.6 Å². The predicted octanol–water partition coefficient (Wildman–Crippen LogP) is 3.82. The van der Waals surface area contributed by atoms with E-state index >= 15 is 0 Å². The van der Waals surface area contributed by atoms with Crippen LogP contribution in [0.25, 0.3) is 0 Å². The van der Waals surface area contributed by atoms with E-state index in [1.165, 1.54) is 0 Å². The summed E-state index contributed by atoms with van der Waals surface area (Å²) in [7, 11) is 0. The Morgan fingerprint density at radius 1 is 1.28 bits per heavy atom. The van der Waals surface area contributed by atoms with Gasteiger partial charge in [-0.1, -0.05) is 30.7 Å². The summed E-state index contributed by atoms with van der Waals surface area (Å²) in [6.07, 6.45) is 6.98. The highest BCUT2D eigenvalue weighted by Gasteiger charge is 2.15. The Morgan fingerprint density at radius 3 is 2.80 bits per heavy atom. The molecule has 8 heteroatoms. The number of carbonyl (C=O) groups excluding carboxylic acids is 1.